The summed E-state index contributed by atoms with van der Waals surface area (Å²) >= 11 is 0. The van der Waals surface area contributed by atoms with E-state index in [9.17, 15) is 4.79 Å². The maximum Gasteiger partial charge on any atom is 0.339 e. The highest BCUT2D eigenvalue weighted by molar-refractivity contribution is 5.95. The number of ether oxygens (including phenoxy) is 1. The normalized spacial score (nSPS) is 20.1. The second-order valence-corrected chi connectivity index (χ2v) is 4.31. The minimum absolute atomic E-state index is 0.271. The van der Waals surface area contributed by atoms with Crippen molar-refractivity contribution in [1.82, 2.24) is 5.32 Å². The third-order valence-corrected chi connectivity index (χ3v) is 3.02. The molecule has 0 aromatic heterocycles. The maximum atomic E-state index is 11.7. The van der Waals surface area contributed by atoms with Crippen LogP contribution in [0.5, 0.6) is 0 Å². The number of methoxy groups -OCH3 is 1. The summed E-state index contributed by atoms with van der Waals surface area (Å²) in [6, 6.07) is 8.04. The number of hydrogen-bond donors (Lipinski definition) is 1. The molecule has 1 aromatic rings. The molecule has 0 aliphatic carbocycles. The van der Waals surface area contributed by atoms with Crippen molar-refractivity contribution in [2.75, 3.05) is 31.6 Å². The van der Waals surface area contributed by atoms with Crippen LogP contribution in [0.1, 0.15) is 17.3 Å². The van der Waals surface area contributed by atoms with Crippen LogP contribution >= 0.6 is 0 Å². The molecule has 17 heavy (non-hydrogen) atoms. The van der Waals surface area contributed by atoms with Crippen LogP contribution in [0.15, 0.2) is 24.3 Å². The van der Waals surface area contributed by atoms with Crippen LogP contribution in [0.25, 0.3) is 0 Å². The molecule has 0 bridgehead atoms. The minimum atomic E-state index is -0.271. The van der Waals surface area contributed by atoms with Crippen molar-refractivity contribution in [2.24, 2.45) is 0 Å². The van der Waals surface area contributed by atoms with Crippen LogP contribution in [0.2, 0.25) is 0 Å². The number of piperazine rings is 1. The molecular formula is C13H18N2O2. The van der Waals surface area contributed by atoms with Crippen LogP contribution in [0.3, 0.4) is 0 Å². The van der Waals surface area contributed by atoms with Gasteiger partial charge in [-0.25, -0.2) is 4.79 Å². The number of anilines is 1. The predicted octanol–water partition coefficient (Wildman–Crippen LogP) is 1.27. The summed E-state index contributed by atoms with van der Waals surface area (Å²) in [6.07, 6.45) is 0. The summed E-state index contributed by atoms with van der Waals surface area (Å²) in [6.45, 7) is 4.91. The number of para-hydroxylation sites is 1. The molecule has 92 valence electrons. The summed E-state index contributed by atoms with van der Waals surface area (Å²) in [5, 5.41) is 3.39. The number of rotatable bonds is 2. The molecule has 1 aliphatic heterocycles. The van der Waals surface area contributed by atoms with Crippen LogP contribution in [-0.4, -0.2) is 38.8 Å². The molecule has 1 N–H and O–H groups in total. The lowest BCUT2D eigenvalue weighted by molar-refractivity contribution is 0.0601. The zero-order chi connectivity index (χ0) is 12.3. The third kappa shape index (κ3) is 2.58. The average Bonchev–Trinajstić information content (AvgIpc) is 2.38. The first kappa shape index (κ1) is 11.9. The minimum Gasteiger partial charge on any atom is -0.465 e. The number of nitrogens with one attached hydrogen (secondary N) is 1. The molecule has 0 unspecified atom stereocenters. The van der Waals surface area contributed by atoms with Gasteiger partial charge < -0.3 is 15.0 Å². The summed E-state index contributed by atoms with van der Waals surface area (Å²) in [7, 11) is 1.42. The third-order valence-electron chi connectivity index (χ3n) is 3.02. The summed E-state index contributed by atoms with van der Waals surface area (Å²) in [5.74, 6) is -0.271. The number of carbonyl (C=O) groups excluding carboxylic acids is 1. The van der Waals surface area contributed by atoms with Gasteiger partial charge in [-0.2, -0.15) is 0 Å². The predicted molar refractivity (Wildman–Crippen MR) is 67.5 cm³/mol. The fraction of sp³-hybridized carbons (Fsp3) is 0.462. The lowest BCUT2D eigenvalue weighted by atomic mass is 10.1. The van der Waals surface area contributed by atoms with Crippen molar-refractivity contribution in [3.63, 3.8) is 0 Å². The van der Waals surface area contributed by atoms with Gasteiger partial charge in [0, 0.05) is 25.7 Å². The Labute approximate surface area is 102 Å². The standard InChI is InChI=1S/C13H18N2O2/c1-10-9-15(8-7-14-10)12-6-4-3-5-11(12)13(16)17-2/h3-6,10,14H,7-9H2,1-2H3/t10-/m1/s1. The zero-order valence-electron chi connectivity index (χ0n) is 10.3. The SMILES string of the molecule is COC(=O)c1ccccc1N1CCN[C@H](C)C1. The number of benzene rings is 1. The van der Waals surface area contributed by atoms with Crippen LogP contribution < -0.4 is 10.2 Å². The van der Waals surface area contributed by atoms with Crippen molar-refractivity contribution in [1.29, 1.82) is 0 Å². The molecular weight excluding hydrogens is 216 g/mol. The van der Waals surface area contributed by atoms with E-state index >= 15 is 0 Å². The van der Waals surface area contributed by atoms with E-state index in [0.29, 0.717) is 11.6 Å². The van der Waals surface area contributed by atoms with Crippen molar-refractivity contribution in [3.8, 4) is 0 Å². The first-order chi connectivity index (χ1) is 8.22. The molecule has 1 heterocycles. The van der Waals surface area contributed by atoms with Crippen LogP contribution in [0, 0.1) is 0 Å². The first-order valence-electron chi connectivity index (χ1n) is 5.88. The van der Waals surface area contributed by atoms with Gasteiger partial charge in [-0.3, -0.25) is 0 Å². The molecule has 4 nitrogen and oxygen atoms in total. The fourth-order valence-corrected chi connectivity index (χ4v) is 2.18. The van der Waals surface area contributed by atoms with Gasteiger partial charge in [0.1, 0.15) is 0 Å². The fourth-order valence-electron chi connectivity index (χ4n) is 2.18. The van der Waals surface area contributed by atoms with E-state index in [1.165, 1.54) is 7.11 Å². The highest BCUT2D eigenvalue weighted by Crippen LogP contribution is 2.22. The van der Waals surface area contributed by atoms with Gasteiger partial charge >= 0.3 is 5.97 Å². The Morgan fingerprint density at radius 3 is 2.94 bits per heavy atom. The summed E-state index contributed by atoms with van der Waals surface area (Å²) in [4.78, 5) is 13.9. The van der Waals surface area contributed by atoms with Crippen molar-refractivity contribution in [3.05, 3.63) is 29.8 Å². The molecule has 0 radical (unpaired) electrons. The van der Waals surface area contributed by atoms with E-state index in [-0.39, 0.29) is 5.97 Å². The largest absolute Gasteiger partial charge is 0.465 e. The molecule has 1 fully saturated rings. The Bertz CT molecular complexity index is 406. The van der Waals surface area contributed by atoms with Gasteiger partial charge in [0.2, 0.25) is 0 Å². The van der Waals surface area contributed by atoms with E-state index in [1.807, 2.05) is 24.3 Å². The Kier molecular flexibility index (Phi) is 3.64. The quantitative estimate of drug-likeness (QED) is 0.782. The van der Waals surface area contributed by atoms with Crippen molar-refractivity contribution >= 4 is 11.7 Å². The molecule has 0 saturated carbocycles. The topological polar surface area (TPSA) is 41.6 Å². The average molecular weight is 234 g/mol. The van der Waals surface area contributed by atoms with E-state index in [1.54, 1.807) is 0 Å². The maximum absolute atomic E-state index is 11.7. The molecule has 0 amide bonds. The van der Waals surface area contributed by atoms with Gasteiger partial charge in [-0.15, -0.1) is 0 Å². The Balaban J connectivity index is 2.27. The molecule has 4 heteroatoms. The van der Waals surface area contributed by atoms with E-state index in [2.05, 4.69) is 17.1 Å². The molecule has 1 aliphatic rings. The molecule has 2 rings (SSSR count). The van der Waals surface area contributed by atoms with Crippen molar-refractivity contribution < 1.29 is 9.53 Å². The second-order valence-electron chi connectivity index (χ2n) is 4.31. The smallest absolute Gasteiger partial charge is 0.339 e. The Morgan fingerprint density at radius 2 is 2.24 bits per heavy atom. The first-order valence-corrected chi connectivity index (χ1v) is 5.88. The lowest BCUT2D eigenvalue weighted by Crippen LogP contribution is -2.49. The molecule has 1 saturated heterocycles. The number of hydrogen-bond acceptors (Lipinski definition) is 4. The van der Waals surface area contributed by atoms with Gasteiger partial charge in [-0.1, -0.05) is 12.1 Å². The number of carbonyl (C=O) groups is 1. The van der Waals surface area contributed by atoms with Gasteiger partial charge in [0.05, 0.1) is 18.4 Å². The Morgan fingerprint density at radius 1 is 1.47 bits per heavy atom. The van der Waals surface area contributed by atoms with Gasteiger partial charge in [0.25, 0.3) is 0 Å². The summed E-state index contributed by atoms with van der Waals surface area (Å²) in [5.41, 5.74) is 1.61. The number of esters is 1. The van der Waals surface area contributed by atoms with Gasteiger partial charge in [-0.05, 0) is 19.1 Å². The van der Waals surface area contributed by atoms with E-state index < -0.39 is 0 Å². The lowest BCUT2D eigenvalue weighted by Gasteiger charge is -2.34. The molecule has 1 atom stereocenters. The van der Waals surface area contributed by atoms with E-state index in [0.717, 1.165) is 25.3 Å². The molecule has 1 aromatic carbocycles. The molecule has 0 spiro atoms. The second kappa shape index (κ2) is 5.19. The van der Waals surface area contributed by atoms with E-state index in [4.69, 9.17) is 4.74 Å². The van der Waals surface area contributed by atoms with Crippen molar-refractivity contribution in [2.45, 2.75) is 13.0 Å². The summed E-state index contributed by atoms with van der Waals surface area (Å²) < 4.78 is 4.81. The van der Waals surface area contributed by atoms with Crippen LogP contribution in [-0.2, 0) is 4.74 Å². The highest BCUT2D eigenvalue weighted by atomic mass is 16.5. The Hall–Kier alpha value is -1.55. The van der Waals surface area contributed by atoms with Crippen LogP contribution in [0.4, 0.5) is 5.69 Å². The zero-order valence-corrected chi connectivity index (χ0v) is 10.3. The van der Waals surface area contributed by atoms with Gasteiger partial charge in [0.15, 0.2) is 0 Å². The highest BCUT2D eigenvalue weighted by Gasteiger charge is 2.20. The monoisotopic (exact) mass is 234 g/mol. The number of nitrogens with zero attached hydrogens (tertiary/aromatic N) is 1.